The van der Waals surface area contributed by atoms with Crippen LogP contribution in [0, 0.1) is 5.82 Å². The Morgan fingerprint density at radius 3 is 2.42 bits per heavy atom. The normalized spacial score (nSPS) is 16.1. The van der Waals surface area contributed by atoms with Crippen LogP contribution in [0.3, 0.4) is 0 Å². The van der Waals surface area contributed by atoms with E-state index in [0.717, 1.165) is 24.2 Å². The molecule has 0 atom stereocenters. The lowest BCUT2D eigenvalue weighted by atomic mass is 9.92. The standard InChI is InChI=1S/C21H28FN3O4S2/c1-12(2)14-7-8-15(22)17(13(3)4)18(14)24-19(26)25-31(28,29)20-23-11-16(30-20)21(27)9-5-6-10-21/h7-8,11-13,27H,5-6,9-10H2,1-4H3,(H2,24,25,26). The molecule has 1 aromatic heterocycles. The van der Waals surface area contributed by atoms with E-state index in [0.29, 0.717) is 28.8 Å². The lowest BCUT2D eigenvalue weighted by Gasteiger charge is -2.21. The van der Waals surface area contributed by atoms with E-state index in [1.807, 2.05) is 18.6 Å². The van der Waals surface area contributed by atoms with Gasteiger partial charge in [0.2, 0.25) is 4.34 Å². The average Bonchev–Trinajstić information content (AvgIpc) is 3.31. The fourth-order valence-corrected chi connectivity index (χ4v) is 6.10. The molecule has 0 aliphatic heterocycles. The van der Waals surface area contributed by atoms with E-state index in [4.69, 9.17) is 0 Å². The molecule has 1 saturated carbocycles. The SMILES string of the molecule is CC(C)c1ccc(F)c(C(C)C)c1NC(=O)NS(=O)(=O)c1ncc(C2(O)CCCC2)s1. The van der Waals surface area contributed by atoms with Gasteiger partial charge in [0.1, 0.15) is 11.4 Å². The van der Waals surface area contributed by atoms with Gasteiger partial charge in [-0.1, -0.05) is 46.6 Å². The highest BCUT2D eigenvalue weighted by Crippen LogP contribution is 2.41. The lowest BCUT2D eigenvalue weighted by molar-refractivity contribution is 0.0481. The summed E-state index contributed by atoms with van der Waals surface area (Å²) in [5.74, 6) is -0.704. The molecule has 0 radical (unpaired) electrons. The number of benzene rings is 1. The lowest BCUT2D eigenvalue weighted by Crippen LogP contribution is -2.35. The first-order valence-electron chi connectivity index (χ1n) is 10.3. The van der Waals surface area contributed by atoms with Gasteiger partial charge in [-0.05, 0) is 36.3 Å². The minimum atomic E-state index is -4.25. The van der Waals surface area contributed by atoms with Crippen LogP contribution in [0.4, 0.5) is 14.9 Å². The average molecular weight is 470 g/mol. The largest absolute Gasteiger partial charge is 0.384 e. The van der Waals surface area contributed by atoms with Crippen molar-refractivity contribution in [3.8, 4) is 0 Å². The fourth-order valence-electron chi connectivity index (χ4n) is 3.90. The molecule has 1 aromatic carbocycles. The quantitative estimate of drug-likeness (QED) is 0.563. The predicted molar refractivity (Wildman–Crippen MR) is 118 cm³/mol. The van der Waals surface area contributed by atoms with E-state index in [1.54, 1.807) is 19.9 Å². The van der Waals surface area contributed by atoms with E-state index in [1.165, 1.54) is 12.3 Å². The van der Waals surface area contributed by atoms with Gasteiger partial charge in [-0.3, -0.25) is 0 Å². The molecule has 2 aromatic rings. The fraction of sp³-hybridized carbons (Fsp3) is 0.524. The number of nitrogens with one attached hydrogen (secondary N) is 2. The van der Waals surface area contributed by atoms with Crippen molar-refractivity contribution in [1.82, 2.24) is 9.71 Å². The van der Waals surface area contributed by atoms with Gasteiger partial charge in [-0.2, -0.15) is 8.42 Å². The Morgan fingerprint density at radius 2 is 1.84 bits per heavy atom. The van der Waals surface area contributed by atoms with Crippen LogP contribution >= 0.6 is 11.3 Å². The first kappa shape index (κ1) is 23.6. The predicted octanol–water partition coefficient (Wildman–Crippen LogP) is 4.80. The minimum Gasteiger partial charge on any atom is -0.384 e. The third kappa shape index (κ3) is 4.91. The Balaban J connectivity index is 1.84. The van der Waals surface area contributed by atoms with Gasteiger partial charge in [-0.25, -0.2) is 18.9 Å². The summed E-state index contributed by atoms with van der Waals surface area (Å²) in [6, 6.07) is 1.95. The topological polar surface area (TPSA) is 108 Å². The number of nitrogens with zero attached hydrogens (tertiary/aromatic N) is 1. The number of carbonyl (C=O) groups is 1. The molecule has 170 valence electrons. The number of urea groups is 1. The van der Waals surface area contributed by atoms with E-state index in [2.05, 4.69) is 10.3 Å². The Kier molecular flexibility index (Phi) is 6.73. The summed E-state index contributed by atoms with van der Waals surface area (Å²) in [5, 5.41) is 13.2. The first-order valence-corrected chi connectivity index (χ1v) is 12.6. The third-order valence-corrected chi connectivity index (χ3v) is 8.41. The van der Waals surface area contributed by atoms with Gasteiger partial charge in [-0.15, -0.1) is 11.3 Å². The molecule has 1 heterocycles. The van der Waals surface area contributed by atoms with Crippen molar-refractivity contribution in [2.45, 2.75) is 75.2 Å². The van der Waals surface area contributed by atoms with Gasteiger partial charge < -0.3 is 10.4 Å². The summed E-state index contributed by atoms with van der Waals surface area (Å²) in [6.07, 6.45) is 4.18. The van der Waals surface area contributed by atoms with E-state index >= 15 is 0 Å². The Hall–Kier alpha value is -2.04. The Bertz CT molecular complexity index is 1070. The zero-order chi connectivity index (χ0) is 23.0. The highest BCUT2D eigenvalue weighted by atomic mass is 32.2. The van der Waals surface area contributed by atoms with Crippen LogP contribution in [0.15, 0.2) is 22.7 Å². The van der Waals surface area contributed by atoms with Gasteiger partial charge in [0.05, 0.1) is 10.6 Å². The molecule has 2 amide bonds. The highest BCUT2D eigenvalue weighted by Gasteiger charge is 2.36. The van der Waals surface area contributed by atoms with Crippen LogP contribution in [0.5, 0.6) is 0 Å². The van der Waals surface area contributed by atoms with Crippen molar-refractivity contribution >= 4 is 33.1 Å². The molecule has 1 aliphatic rings. The number of hydrogen-bond acceptors (Lipinski definition) is 6. The highest BCUT2D eigenvalue weighted by molar-refractivity contribution is 7.92. The molecule has 0 unspecified atom stereocenters. The second kappa shape index (κ2) is 8.84. The van der Waals surface area contributed by atoms with E-state index in [9.17, 15) is 22.7 Å². The monoisotopic (exact) mass is 469 g/mol. The summed E-state index contributed by atoms with van der Waals surface area (Å²) in [5.41, 5.74) is 0.238. The summed E-state index contributed by atoms with van der Waals surface area (Å²) in [4.78, 5) is 17.0. The molecule has 31 heavy (non-hydrogen) atoms. The van der Waals surface area contributed by atoms with Crippen molar-refractivity contribution in [2.24, 2.45) is 0 Å². The minimum absolute atomic E-state index is 0.0151. The number of hydrogen-bond donors (Lipinski definition) is 3. The molecule has 3 rings (SSSR count). The zero-order valence-electron chi connectivity index (χ0n) is 18.0. The second-order valence-electron chi connectivity index (χ2n) is 8.52. The Morgan fingerprint density at radius 1 is 1.19 bits per heavy atom. The maximum Gasteiger partial charge on any atom is 0.333 e. The van der Waals surface area contributed by atoms with Crippen LogP contribution < -0.4 is 10.0 Å². The molecular formula is C21H28FN3O4S2. The van der Waals surface area contributed by atoms with Crippen molar-refractivity contribution in [3.05, 3.63) is 40.2 Å². The van der Waals surface area contributed by atoms with Crippen molar-refractivity contribution in [1.29, 1.82) is 0 Å². The smallest absolute Gasteiger partial charge is 0.333 e. The summed E-state index contributed by atoms with van der Waals surface area (Å²) in [7, 11) is -4.25. The van der Waals surface area contributed by atoms with Crippen LogP contribution in [-0.4, -0.2) is 24.5 Å². The molecule has 3 N–H and O–H groups in total. The van der Waals surface area contributed by atoms with Crippen molar-refractivity contribution in [2.75, 3.05) is 5.32 Å². The number of aliphatic hydroxyl groups is 1. The molecule has 0 saturated heterocycles. The number of thiazole rings is 1. The van der Waals surface area contributed by atoms with Gasteiger partial charge in [0, 0.05) is 11.8 Å². The molecule has 10 heteroatoms. The zero-order valence-corrected chi connectivity index (χ0v) is 19.7. The second-order valence-corrected chi connectivity index (χ2v) is 11.4. The number of anilines is 1. The maximum absolute atomic E-state index is 14.5. The number of aromatic nitrogens is 1. The molecule has 0 bridgehead atoms. The number of sulfonamides is 1. The van der Waals surface area contributed by atoms with Gasteiger partial charge in [0.25, 0.3) is 10.0 Å². The molecule has 1 aliphatic carbocycles. The van der Waals surface area contributed by atoms with Gasteiger partial charge >= 0.3 is 6.03 Å². The summed E-state index contributed by atoms with van der Waals surface area (Å²) < 4.78 is 41.5. The van der Waals surface area contributed by atoms with E-state index in [-0.39, 0.29) is 21.9 Å². The third-order valence-electron chi connectivity index (χ3n) is 5.49. The van der Waals surface area contributed by atoms with Crippen molar-refractivity contribution in [3.63, 3.8) is 0 Å². The first-order chi connectivity index (χ1) is 14.4. The molecule has 0 spiro atoms. The van der Waals surface area contributed by atoms with Crippen LogP contribution in [0.25, 0.3) is 0 Å². The van der Waals surface area contributed by atoms with Crippen LogP contribution in [0.2, 0.25) is 0 Å². The molecular weight excluding hydrogens is 441 g/mol. The summed E-state index contributed by atoms with van der Waals surface area (Å²) >= 11 is 0.851. The van der Waals surface area contributed by atoms with Crippen LogP contribution in [0.1, 0.15) is 81.2 Å². The number of halogens is 1. The molecule has 7 nitrogen and oxygen atoms in total. The van der Waals surface area contributed by atoms with Gasteiger partial charge in [0.15, 0.2) is 0 Å². The van der Waals surface area contributed by atoms with Crippen molar-refractivity contribution < 1.29 is 22.7 Å². The number of amides is 2. The van der Waals surface area contributed by atoms with Crippen LogP contribution in [-0.2, 0) is 15.6 Å². The number of rotatable bonds is 6. The number of carbonyl (C=O) groups excluding carboxylic acids is 1. The maximum atomic E-state index is 14.5. The molecule has 1 fully saturated rings. The van der Waals surface area contributed by atoms with E-state index < -0.39 is 27.5 Å². The summed E-state index contributed by atoms with van der Waals surface area (Å²) in [6.45, 7) is 7.41. The Labute approximate surface area is 186 Å².